The van der Waals surface area contributed by atoms with E-state index in [1.54, 1.807) is 17.5 Å². The first-order chi connectivity index (χ1) is 10.3. The highest BCUT2D eigenvalue weighted by molar-refractivity contribution is 7.16. The van der Waals surface area contributed by atoms with E-state index in [2.05, 4.69) is 28.5 Å². The molecule has 0 bridgehead atoms. The van der Waals surface area contributed by atoms with E-state index in [1.165, 1.54) is 16.8 Å². The normalized spacial score (nSPS) is 16.9. The number of aryl methyl sites for hydroxylation is 1. The second kappa shape index (κ2) is 5.20. The lowest BCUT2D eigenvalue weighted by atomic mass is 10.1. The Bertz CT molecular complexity index is 749. The molecular weight excluding hydrogens is 304 g/mol. The number of halogens is 1. The number of hydrogen-bond acceptors (Lipinski definition) is 4. The van der Waals surface area contributed by atoms with Gasteiger partial charge in [0.05, 0.1) is 16.6 Å². The minimum Gasteiger partial charge on any atom is -0.444 e. The Kier molecular flexibility index (Phi) is 3.20. The SMILES string of the molecule is Clc1cc2c(s1)CCC2Nc1ccc(-c2cnco2)cc1. The summed E-state index contributed by atoms with van der Waals surface area (Å²) < 4.78 is 6.18. The number of rotatable bonds is 3. The van der Waals surface area contributed by atoms with Crippen LogP contribution in [0.25, 0.3) is 11.3 Å². The van der Waals surface area contributed by atoms with Crippen LogP contribution in [-0.2, 0) is 6.42 Å². The molecule has 1 atom stereocenters. The van der Waals surface area contributed by atoms with Crippen molar-refractivity contribution in [2.24, 2.45) is 0 Å². The van der Waals surface area contributed by atoms with E-state index < -0.39 is 0 Å². The molecular formula is C16H13ClN2OS. The maximum absolute atomic E-state index is 6.10. The molecule has 1 unspecified atom stereocenters. The summed E-state index contributed by atoms with van der Waals surface area (Å²) in [6, 6.07) is 10.7. The molecule has 1 aliphatic carbocycles. The number of thiophene rings is 1. The van der Waals surface area contributed by atoms with Gasteiger partial charge >= 0.3 is 0 Å². The average molecular weight is 317 g/mol. The van der Waals surface area contributed by atoms with Gasteiger partial charge in [0.25, 0.3) is 0 Å². The first kappa shape index (κ1) is 12.9. The van der Waals surface area contributed by atoms with Crippen molar-refractivity contribution in [3.63, 3.8) is 0 Å². The van der Waals surface area contributed by atoms with Crippen LogP contribution >= 0.6 is 22.9 Å². The van der Waals surface area contributed by atoms with Gasteiger partial charge in [0.15, 0.2) is 12.2 Å². The first-order valence-electron chi connectivity index (χ1n) is 6.83. The van der Waals surface area contributed by atoms with Crippen molar-refractivity contribution in [2.75, 3.05) is 5.32 Å². The smallest absolute Gasteiger partial charge is 0.181 e. The summed E-state index contributed by atoms with van der Waals surface area (Å²) in [5, 5.41) is 3.58. The number of hydrogen-bond donors (Lipinski definition) is 1. The van der Waals surface area contributed by atoms with Gasteiger partial charge in [-0.1, -0.05) is 11.6 Å². The van der Waals surface area contributed by atoms with Crippen LogP contribution in [0.4, 0.5) is 5.69 Å². The lowest BCUT2D eigenvalue weighted by molar-refractivity contribution is 0.572. The number of oxazole rings is 1. The van der Waals surface area contributed by atoms with Crippen molar-refractivity contribution in [3.8, 4) is 11.3 Å². The molecule has 3 aromatic rings. The number of aromatic nitrogens is 1. The highest BCUT2D eigenvalue weighted by Crippen LogP contribution is 2.41. The summed E-state index contributed by atoms with van der Waals surface area (Å²) in [4.78, 5) is 5.35. The predicted octanol–water partition coefficient (Wildman–Crippen LogP) is 5.16. The van der Waals surface area contributed by atoms with Gasteiger partial charge in [-0.2, -0.15) is 0 Å². The summed E-state index contributed by atoms with van der Waals surface area (Å²) in [7, 11) is 0. The molecule has 0 aliphatic heterocycles. The summed E-state index contributed by atoms with van der Waals surface area (Å²) in [5.74, 6) is 0.786. The van der Waals surface area contributed by atoms with Crippen LogP contribution in [0.1, 0.15) is 22.9 Å². The molecule has 2 aromatic heterocycles. The monoisotopic (exact) mass is 316 g/mol. The van der Waals surface area contributed by atoms with Crippen LogP contribution in [0, 0.1) is 0 Å². The fourth-order valence-electron chi connectivity index (χ4n) is 2.77. The molecule has 0 spiro atoms. The molecule has 2 heterocycles. The van der Waals surface area contributed by atoms with Crippen molar-refractivity contribution in [1.29, 1.82) is 0 Å². The Hall–Kier alpha value is -1.78. The molecule has 0 amide bonds. The van der Waals surface area contributed by atoms with Crippen LogP contribution in [-0.4, -0.2) is 4.98 Å². The zero-order valence-corrected chi connectivity index (χ0v) is 12.7. The highest BCUT2D eigenvalue weighted by atomic mass is 35.5. The van der Waals surface area contributed by atoms with Crippen molar-refractivity contribution in [1.82, 2.24) is 4.98 Å². The summed E-state index contributed by atoms with van der Waals surface area (Å²) >= 11 is 7.80. The van der Waals surface area contributed by atoms with E-state index in [4.69, 9.17) is 16.0 Å². The number of anilines is 1. The van der Waals surface area contributed by atoms with Crippen molar-refractivity contribution >= 4 is 28.6 Å². The van der Waals surface area contributed by atoms with E-state index in [9.17, 15) is 0 Å². The number of fused-ring (bicyclic) bond motifs is 1. The molecule has 0 saturated carbocycles. The highest BCUT2D eigenvalue weighted by Gasteiger charge is 2.24. The van der Waals surface area contributed by atoms with E-state index >= 15 is 0 Å². The Balaban J connectivity index is 1.53. The van der Waals surface area contributed by atoms with Gasteiger partial charge in [-0.15, -0.1) is 11.3 Å². The van der Waals surface area contributed by atoms with E-state index in [1.807, 2.05) is 12.1 Å². The summed E-state index contributed by atoms with van der Waals surface area (Å²) in [5.41, 5.74) is 3.49. The maximum Gasteiger partial charge on any atom is 0.181 e. The van der Waals surface area contributed by atoms with E-state index in [0.717, 1.165) is 34.2 Å². The first-order valence-corrected chi connectivity index (χ1v) is 8.02. The van der Waals surface area contributed by atoms with Gasteiger partial charge in [-0.25, -0.2) is 4.98 Å². The Morgan fingerprint density at radius 3 is 2.90 bits per heavy atom. The van der Waals surface area contributed by atoms with E-state index in [0.29, 0.717) is 6.04 Å². The molecule has 3 nitrogen and oxygen atoms in total. The third-order valence-electron chi connectivity index (χ3n) is 3.79. The lowest BCUT2D eigenvalue weighted by Gasteiger charge is -2.14. The maximum atomic E-state index is 6.10. The zero-order chi connectivity index (χ0) is 14.2. The molecule has 5 heteroatoms. The van der Waals surface area contributed by atoms with Crippen LogP contribution in [0.2, 0.25) is 4.34 Å². The molecule has 0 radical (unpaired) electrons. The minimum absolute atomic E-state index is 0.361. The molecule has 106 valence electrons. The minimum atomic E-state index is 0.361. The predicted molar refractivity (Wildman–Crippen MR) is 86.0 cm³/mol. The second-order valence-electron chi connectivity index (χ2n) is 5.11. The second-order valence-corrected chi connectivity index (χ2v) is 6.88. The molecule has 1 N–H and O–H groups in total. The number of benzene rings is 1. The molecule has 0 saturated heterocycles. The largest absolute Gasteiger partial charge is 0.444 e. The van der Waals surface area contributed by atoms with Gasteiger partial charge < -0.3 is 9.73 Å². The van der Waals surface area contributed by atoms with Gasteiger partial charge in [-0.05, 0) is 48.7 Å². The van der Waals surface area contributed by atoms with Gasteiger partial charge in [0, 0.05) is 16.1 Å². The van der Waals surface area contributed by atoms with Crippen molar-refractivity contribution < 1.29 is 4.42 Å². The fraction of sp³-hybridized carbons (Fsp3) is 0.188. The standard InChI is InChI=1S/C16H13ClN2OS/c17-16-7-12-13(5-6-15(12)21-16)19-11-3-1-10(2-4-11)14-8-18-9-20-14/h1-4,7-9,13,19H,5-6H2. The van der Waals surface area contributed by atoms with Crippen LogP contribution in [0.5, 0.6) is 0 Å². The fourth-order valence-corrected chi connectivity index (χ4v) is 4.13. The molecule has 21 heavy (non-hydrogen) atoms. The summed E-state index contributed by atoms with van der Waals surface area (Å²) in [6.07, 6.45) is 5.41. The number of nitrogens with one attached hydrogen (secondary N) is 1. The lowest BCUT2D eigenvalue weighted by Crippen LogP contribution is -2.06. The van der Waals surface area contributed by atoms with Crippen molar-refractivity contribution in [2.45, 2.75) is 18.9 Å². The third-order valence-corrected chi connectivity index (χ3v) is 5.13. The van der Waals surface area contributed by atoms with Crippen molar-refractivity contribution in [3.05, 3.63) is 57.7 Å². The Morgan fingerprint density at radius 1 is 1.29 bits per heavy atom. The Morgan fingerprint density at radius 2 is 2.14 bits per heavy atom. The van der Waals surface area contributed by atoms with Gasteiger partial charge in [0.1, 0.15) is 0 Å². The van der Waals surface area contributed by atoms with Crippen LogP contribution in [0.15, 0.2) is 47.3 Å². The van der Waals surface area contributed by atoms with Gasteiger partial charge in [-0.3, -0.25) is 0 Å². The quantitative estimate of drug-likeness (QED) is 0.725. The van der Waals surface area contributed by atoms with Crippen LogP contribution < -0.4 is 5.32 Å². The molecule has 0 fully saturated rings. The van der Waals surface area contributed by atoms with E-state index in [-0.39, 0.29) is 0 Å². The number of nitrogens with zero attached hydrogens (tertiary/aromatic N) is 1. The third kappa shape index (κ3) is 2.45. The Labute approximate surface area is 131 Å². The molecule has 1 aromatic carbocycles. The molecule has 4 rings (SSSR count). The zero-order valence-electron chi connectivity index (χ0n) is 11.2. The summed E-state index contributed by atoms with van der Waals surface area (Å²) in [6.45, 7) is 0. The molecule has 1 aliphatic rings. The average Bonchev–Trinajstić information content (AvgIpc) is 3.19. The van der Waals surface area contributed by atoms with Gasteiger partial charge in [0.2, 0.25) is 0 Å². The van der Waals surface area contributed by atoms with Crippen LogP contribution in [0.3, 0.4) is 0 Å². The topological polar surface area (TPSA) is 38.1 Å².